The molecule has 0 aromatic heterocycles. The highest BCUT2D eigenvalue weighted by Gasteiger charge is 1.98. The lowest BCUT2D eigenvalue weighted by Crippen LogP contribution is -2.10. The number of nitriles is 1. The Hall–Kier alpha value is -1.53. The molecular formula is C14H20N2O. The standard InChI is InChI=1S/C14H20N2O/c1-16(2)12-13-7-6-8-14(11-13)17-10-5-3-4-9-15/h6-8,11H,3-5,10,12H2,1-2H3. The molecule has 0 heterocycles. The molecule has 0 unspecified atom stereocenters. The van der Waals surface area contributed by atoms with Crippen LogP contribution in [0.1, 0.15) is 24.8 Å². The summed E-state index contributed by atoms with van der Waals surface area (Å²) in [5.74, 6) is 0.918. The Morgan fingerprint density at radius 3 is 2.82 bits per heavy atom. The summed E-state index contributed by atoms with van der Waals surface area (Å²) >= 11 is 0. The zero-order valence-corrected chi connectivity index (χ0v) is 10.6. The first kappa shape index (κ1) is 13.5. The molecule has 0 amide bonds. The molecule has 0 saturated heterocycles. The lowest BCUT2D eigenvalue weighted by Gasteiger charge is -2.11. The SMILES string of the molecule is CN(C)Cc1cccc(OCCCCC#N)c1. The molecule has 92 valence electrons. The molecule has 0 fully saturated rings. The number of ether oxygens (including phenoxy) is 1. The number of rotatable bonds is 7. The van der Waals surface area contributed by atoms with Crippen LogP contribution >= 0.6 is 0 Å². The van der Waals surface area contributed by atoms with E-state index in [0.29, 0.717) is 13.0 Å². The van der Waals surface area contributed by atoms with Crippen LogP contribution in [0.15, 0.2) is 24.3 Å². The van der Waals surface area contributed by atoms with E-state index in [9.17, 15) is 0 Å². The summed E-state index contributed by atoms with van der Waals surface area (Å²) in [6, 6.07) is 10.3. The normalized spacial score (nSPS) is 10.2. The lowest BCUT2D eigenvalue weighted by molar-refractivity contribution is 0.306. The molecule has 1 aromatic carbocycles. The van der Waals surface area contributed by atoms with Crippen LogP contribution in [-0.2, 0) is 6.54 Å². The molecule has 3 nitrogen and oxygen atoms in total. The Morgan fingerprint density at radius 2 is 2.12 bits per heavy atom. The Balaban J connectivity index is 2.35. The molecule has 17 heavy (non-hydrogen) atoms. The maximum absolute atomic E-state index is 8.41. The van der Waals surface area contributed by atoms with Gasteiger partial charge in [0.2, 0.25) is 0 Å². The lowest BCUT2D eigenvalue weighted by atomic mass is 10.2. The predicted molar refractivity (Wildman–Crippen MR) is 68.8 cm³/mol. The monoisotopic (exact) mass is 232 g/mol. The van der Waals surface area contributed by atoms with Crippen LogP contribution < -0.4 is 4.74 Å². The highest BCUT2D eigenvalue weighted by Crippen LogP contribution is 2.14. The summed E-state index contributed by atoms with van der Waals surface area (Å²) in [4.78, 5) is 2.13. The zero-order valence-electron chi connectivity index (χ0n) is 10.6. The van der Waals surface area contributed by atoms with Gasteiger partial charge in [-0.15, -0.1) is 0 Å². The molecule has 0 radical (unpaired) electrons. The van der Waals surface area contributed by atoms with Gasteiger partial charge in [-0.1, -0.05) is 12.1 Å². The van der Waals surface area contributed by atoms with Crippen LogP contribution in [0, 0.1) is 11.3 Å². The second kappa shape index (κ2) is 7.70. The van der Waals surface area contributed by atoms with Crippen molar-refractivity contribution in [3.8, 4) is 11.8 Å². The Bertz CT molecular complexity index is 369. The molecule has 0 atom stereocenters. The van der Waals surface area contributed by atoms with Gasteiger partial charge in [-0.25, -0.2) is 0 Å². The van der Waals surface area contributed by atoms with Crippen LogP contribution in [0.3, 0.4) is 0 Å². The van der Waals surface area contributed by atoms with Gasteiger partial charge in [-0.3, -0.25) is 0 Å². The number of unbranched alkanes of at least 4 members (excludes halogenated alkanes) is 2. The average molecular weight is 232 g/mol. The first-order valence-electron chi connectivity index (χ1n) is 5.96. The van der Waals surface area contributed by atoms with E-state index in [1.165, 1.54) is 5.56 Å². The fraction of sp³-hybridized carbons (Fsp3) is 0.500. The molecule has 0 spiro atoms. The van der Waals surface area contributed by atoms with Crippen molar-refractivity contribution in [1.82, 2.24) is 4.90 Å². The van der Waals surface area contributed by atoms with E-state index in [4.69, 9.17) is 10.00 Å². The smallest absolute Gasteiger partial charge is 0.119 e. The molecule has 0 bridgehead atoms. The van der Waals surface area contributed by atoms with Crippen LogP contribution in [0.4, 0.5) is 0 Å². The summed E-state index contributed by atoms with van der Waals surface area (Å²) in [7, 11) is 4.10. The van der Waals surface area contributed by atoms with E-state index >= 15 is 0 Å². The second-order valence-electron chi connectivity index (χ2n) is 4.35. The van der Waals surface area contributed by atoms with Gasteiger partial charge in [-0.05, 0) is 44.6 Å². The van der Waals surface area contributed by atoms with Gasteiger partial charge in [0, 0.05) is 13.0 Å². The van der Waals surface area contributed by atoms with Crippen LogP contribution in [0.2, 0.25) is 0 Å². The van der Waals surface area contributed by atoms with E-state index in [1.807, 2.05) is 12.1 Å². The number of benzene rings is 1. The third-order valence-corrected chi connectivity index (χ3v) is 2.35. The van der Waals surface area contributed by atoms with Crippen molar-refractivity contribution in [2.45, 2.75) is 25.8 Å². The zero-order chi connectivity index (χ0) is 12.5. The second-order valence-corrected chi connectivity index (χ2v) is 4.35. The first-order valence-corrected chi connectivity index (χ1v) is 5.96. The molecule has 0 N–H and O–H groups in total. The van der Waals surface area contributed by atoms with E-state index in [1.54, 1.807) is 0 Å². The van der Waals surface area contributed by atoms with Gasteiger partial charge < -0.3 is 9.64 Å². The average Bonchev–Trinajstić information content (AvgIpc) is 2.28. The van der Waals surface area contributed by atoms with E-state index in [2.05, 4.69) is 37.2 Å². The van der Waals surface area contributed by atoms with Crippen LogP contribution in [0.25, 0.3) is 0 Å². The largest absolute Gasteiger partial charge is 0.494 e. The fourth-order valence-corrected chi connectivity index (χ4v) is 1.59. The minimum Gasteiger partial charge on any atom is -0.494 e. The Kier molecular flexibility index (Phi) is 6.13. The van der Waals surface area contributed by atoms with Crippen molar-refractivity contribution in [2.75, 3.05) is 20.7 Å². The van der Waals surface area contributed by atoms with Crippen molar-refractivity contribution >= 4 is 0 Å². The molecule has 0 aliphatic rings. The molecule has 1 aromatic rings. The summed E-state index contributed by atoms with van der Waals surface area (Å²) in [5, 5.41) is 8.41. The van der Waals surface area contributed by atoms with Crippen molar-refractivity contribution in [1.29, 1.82) is 5.26 Å². The van der Waals surface area contributed by atoms with E-state index < -0.39 is 0 Å². The topological polar surface area (TPSA) is 36.3 Å². The van der Waals surface area contributed by atoms with E-state index in [0.717, 1.165) is 25.1 Å². The highest BCUT2D eigenvalue weighted by molar-refractivity contribution is 5.28. The molecule has 1 rings (SSSR count). The van der Waals surface area contributed by atoms with E-state index in [-0.39, 0.29) is 0 Å². The summed E-state index contributed by atoms with van der Waals surface area (Å²) < 4.78 is 5.65. The summed E-state index contributed by atoms with van der Waals surface area (Å²) in [5.41, 5.74) is 1.25. The number of hydrogen-bond donors (Lipinski definition) is 0. The van der Waals surface area contributed by atoms with Crippen LogP contribution in [-0.4, -0.2) is 25.6 Å². The third kappa shape index (κ3) is 5.94. The van der Waals surface area contributed by atoms with Gasteiger partial charge in [0.1, 0.15) is 5.75 Å². The van der Waals surface area contributed by atoms with Gasteiger partial charge >= 0.3 is 0 Å². The summed E-state index contributed by atoms with van der Waals surface area (Å²) in [6.45, 7) is 1.61. The van der Waals surface area contributed by atoms with Crippen molar-refractivity contribution < 1.29 is 4.74 Å². The first-order chi connectivity index (χ1) is 8.22. The maximum Gasteiger partial charge on any atom is 0.119 e. The number of hydrogen-bond acceptors (Lipinski definition) is 3. The molecule has 0 aliphatic heterocycles. The Morgan fingerprint density at radius 1 is 1.29 bits per heavy atom. The molecule has 0 aliphatic carbocycles. The molecule has 3 heteroatoms. The van der Waals surface area contributed by atoms with Gasteiger partial charge in [-0.2, -0.15) is 5.26 Å². The molecular weight excluding hydrogens is 212 g/mol. The van der Waals surface area contributed by atoms with Crippen LogP contribution in [0.5, 0.6) is 5.75 Å². The van der Waals surface area contributed by atoms with Crippen molar-refractivity contribution in [3.63, 3.8) is 0 Å². The van der Waals surface area contributed by atoms with Crippen molar-refractivity contribution in [2.24, 2.45) is 0 Å². The maximum atomic E-state index is 8.41. The minimum atomic E-state index is 0.615. The van der Waals surface area contributed by atoms with Gasteiger partial charge in [0.25, 0.3) is 0 Å². The minimum absolute atomic E-state index is 0.615. The highest BCUT2D eigenvalue weighted by atomic mass is 16.5. The van der Waals surface area contributed by atoms with Crippen molar-refractivity contribution in [3.05, 3.63) is 29.8 Å². The number of nitrogens with zero attached hydrogens (tertiary/aromatic N) is 2. The summed E-state index contributed by atoms with van der Waals surface area (Å²) in [6.07, 6.45) is 2.46. The fourth-order valence-electron chi connectivity index (χ4n) is 1.59. The quantitative estimate of drug-likeness (QED) is 0.678. The van der Waals surface area contributed by atoms with Gasteiger partial charge in [0.15, 0.2) is 0 Å². The third-order valence-electron chi connectivity index (χ3n) is 2.35. The Labute approximate surface area is 104 Å². The predicted octanol–water partition coefficient (Wildman–Crippen LogP) is 2.82. The molecule has 0 saturated carbocycles. The van der Waals surface area contributed by atoms with Gasteiger partial charge in [0.05, 0.1) is 12.7 Å².